The van der Waals surface area contributed by atoms with E-state index < -0.39 is 5.41 Å². The third-order valence-electron chi connectivity index (χ3n) is 9.11. The molecule has 0 saturated carbocycles. The van der Waals surface area contributed by atoms with Crippen LogP contribution >= 0.6 is 23.1 Å². The van der Waals surface area contributed by atoms with Crippen molar-refractivity contribution >= 4 is 23.1 Å². The summed E-state index contributed by atoms with van der Waals surface area (Å²) in [5.74, 6) is 0.877. The van der Waals surface area contributed by atoms with Crippen LogP contribution < -0.4 is 5.73 Å². The number of rotatable bonds is 8. The highest BCUT2D eigenvalue weighted by molar-refractivity contribution is 8.01. The predicted octanol–water partition coefficient (Wildman–Crippen LogP) is 11.2. The van der Waals surface area contributed by atoms with Gasteiger partial charge in [-0.1, -0.05) is 127 Å². The summed E-state index contributed by atoms with van der Waals surface area (Å²) in [5.41, 5.74) is 20.0. The normalized spacial score (nSPS) is 13.0. The molecule has 226 valence electrons. The molecule has 2 nitrogen and oxygen atoms in total. The van der Waals surface area contributed by atoms with Gasteiger partial charge in [-0.2, -0.15) is 0 Å². The Labute approximate surface area is 284 Å². The fourth-order valence-electron chi connectivity index (χ4n) is 7.09. The quantitative estimate of drug-likeness (QED) is 0.180. The Kier molecular flexibility index (Phi) is 7.82. The summed E-state index contributed by atoms with van der Waals surface area (Å²) in [7, 11) is 0. The minimum Gasteiger partial charge on any atom is -0.404 e. The highest BCUT2D eigenvalue weighted by Crippen LogP contribution is 2.57. The first-order valence-corrected chi connectivity index (χ1v) is 17.7. The number of fused-ring (bicyclic) bond motifs is 3. The maximum atomic E-state index is 5.59. The average molecular weight is 641 g/mol. The molecule has 0 amide bonds. The van der Waals surface area contributed by atoms with Crippen molar-refractivity contribution in [2.24, 2.45) is 5.73 Å². The number of benzene rings is 6. The fourth-order valence-corrected chi connectivity index (χ4v) is 8.30. The second-order valence-corrected chi connectivity index (χ2v) is 13.5. The Morgan fingerprint density at radius 3 is 1.77 bits per heavy atom. The second kappa shape index (κ2) is 12.6. The molecule has 1 aromatic heterocycles. The number of thiazole rings is 1. The molecular formula is C43H32N2S2. The van der Waals surface area contributed by atoms with Crippen LogP contribution in [0.1, 0.15) is 27.8 Å². The van der Waals surface area contributed by atoms with E-state index in [1.807, 2.05) is 17.0 Å². The van der Waals surface area contributed by atoms with Gasteiger partial charge in [-0.25, -0.2) is 4.98 Å². The highest BCUT2D eigenvalue weighted by Gasteiger charge is 2.46. The number of nitrogens with two attached hydrogens (primary N) is 1. The smallest absolute Gasteiger partial charge is 0.123 e. The minimum atomic E-state index is -0.495. The van der Waals surface area contributed by atoms with Gasteiger partial charge in [0.1, 0.15) is 5.01 Å². The Bertz CT molecular complexity index is 2160. The molecule has 1 aliphatic rings. The molecule has 4 heteroatoms. The molecule has 6 aromatic carbocycles. The van der Waals surface area contributed by atoms with E-state index in [9.17, 15) is 0 Å². The van der Waals surface area contributed by atoms with E-state index in [0.29, 0.717) is 0 Å². The molecule has 2 N–H and O–H groups in total. The van der Waals surface area contributed by atoms with Gasteiger partial charge in [-0.05, 0) is 84.8 Å². The van der Waals surface area contributed by atoms with Crippen molar-refractivity contribution in [1.29, 1.82) is 0 Å². The van der Waals surface area contributed by atoms with E-state index >= 15 is 0 Å². The van der Waals surface area contributed by atoms with Crippen LogP contribution in [0.5, 0.6) is 0 Å². The van der Waals surface area contributed by atoms with Gasteiger partial charge in [0.15, 0.2) is 0 Å². The van der Waals surface area contributed by atoms with Crippen molar-refractivity contribution in [3.63, 3.8) is 0 Å². The summed E-state index contributed by atoms with van der Waals surface area (Å²) in [4.78, 5) is 4.58. The fraction of sp³-hybridized carbons (Fsp3) is 0.0465. The number of thioether (sulfide) groups is 1. The summed E-state index contributed by atoms with van der Waals surface area (Å²) in [6, 6.07) is 53.8. The SMILES string of the molecule is N/C=C\SCc1cccc(-c2ccc3c(c2)C(c2ccccc2)(c2ccccc2)c2cc(-c4cccc(-c5nccs5)c4)ccc2-3)c1. The van der Waals surface area contributed by atoms with Gasteiger partial charge >= 0.3 is 0 Å². The summed E-state index contributed by atoms with van der Waals surface area (Å²) in [6.07, 6.45) is 3.47. The zero-order valence-electron chi connectivity index (χ0n) is 25.7. The average Bonchev–Trinajstić information content (AvgIpc) is 3.78. The van der Waals surface area contributed by atoms with Crippen LogP contribution in [-0.2, 0) is 11.2 Å². The number of hydrogen-bond acceptors (Lipinski definition) is 4. The third-order valence-corrected chi connectivity index (χ3v) is 10.8. The maximum absolute atomic E-state index is 5.59. The predicted molar refractivity (Wildman–Crippen MR) is 200 cm³/mol. The molecule has 7 aromatic rings. The molecule has 1 heterocycles. The summed E-state index contributed by atoms with van der Waals surface area (Å²) in [5, 5.41) is 5.01. The molecule has 0 atom stereocenters. The molecule has 47 heavy (non-hydrogen) atoms. The van der Waals surface area contributed by atoms with Crippen molar-refractivity contribution in [3.05, 3.63) is 197 Å². The molecule has 8 rings (SSSR count). The lowest BCUT2D eigenvalue weighted by Gasteiger charge is -2.34. The summed E-state index contributed by atoms with van der Waals surface area (Å²) in [6.45, 7) is 0. The highest BCUT2D eigenvalue weighted by atomic mass is 32.2. The lowest BCUT2D eigenvalue weighted by atomic mass is 9.67. The zero-order chi connectivity index (χ0) is 31.6. The van der Waals surface area contributed by atoms with Gasteiger partial charge in [0.05, 0.1) is 5.41 Å². The van der Waals surface area contributed by atoms with E-state index in [-0.39, 0.29) is 0 Å². The Balaban J connectivity index is 1.35. The summed E-state index contributed by atoms with van der Waals surface area (Å²) < 4.78 is 0. The lowest BCUT2D eigenvalue weighted by Crippen LogP contribution is -2.28. The Morgan fingerprint density at radius 2 is 1.17 bits per heavy atom. The Hall–Kier alpha value is -5.16. The lowest BCUT2D eigenvalue weighted by molar-refractivity contribution is 0.769. The monoisotopic (exact) mass is 640 g/mol. The molecule has 0 saturated heterocycles. The largest absolute Gasteiger partial charge is 0.404 e. The van der Waals surface area contributed by atoms with Gasteiger partial charge < -0.3 is 5.73 Å². The van der Waals surface area contributed by atoms with E-state index in [1.165, 1.54) is 61.2 Å². The van der Waals surface area contributed by atoms with E-state index in [0.717, 1.165) is 16.3 Å². The first-order valence-electron chi connectivity index (χ1n) is 15.7. The van der Waals surface area contributed by atoms with Gasteiger partial charge in [0.25, 0.3) is 0 Å². The van der Waals surface area contributed by atoms with Gasteiger partial charge in [0.2, 0.25) is 0 Å². The van der Waals surface area contributed by atoms with Crippen molar-refractivity contribution in [2.75, 3.05) is 0 Å². The first kappa shape index (κ1) is 29.3. The molecule has 0 aliphatic heterocycles. The van der Waals surface area contributed by atoms with Crippen LogP contribution in [0.3, 0.4) is 0 Å². The molecule has 0 bridgehead atoms. The van der Waals surface area contributed by atoms with Crippen molar-refractivity contribution < 1.29 is 0 Å². The van der Waals surface area contributed by atoms with E-state index in [4.69, 9.17) is 5.73 Å². The van der Waals surface area contributed by atoms with Gasteiger partial charge in [-0.15, -0.1) is 23.1 Å². The molecule has 0 fully saturated rings. The van der Waals surface area contributed by atoms with Crippen LogP contribution in [-0.4, -0.2) is 4.98 Å². The van der Waals surface area contributed by atoms with Crippen LogP contribution in [0.2, 0.25) is 0 Å². The van der Waals surface area contributed by atoms with E-state index in [2.05, 4.69) is 151 Å². The molecule has 0 radical (unpaired) electrons. The third kappa shape index (κ3) is 5.20. The topological polar surface area (TPSA) is 38.9 Å². The van der Waals surface area contributed by atoms with Gasteiger partial charge in [-0.3, -0.25) is 0 Å². The van der Waals surface area contributed by atoms with Crippen LogP contribution in [0, 0.1) is 0 Å². The standard InChI is InChI=1S/C43H32N2S2/c44-21-23-46-29-30-9-7-10-31(25-30)33-17-19-38-39-20-18-34(32-11-8-12-35(26-32)42-45-22-24-47-42)28-41(39)43(40(38)27-33,36-13-3-1-4-14-36)37-15-5-2-6-16-37/h1-28H,29,44H2/b23-21-. The number of aromatic nitrogens is 1. The molecule has 0 spiro atoms. The number of nitrogens with zero attached hydrogens (tertiary/aromatic N) is 1. The van der Waals surface area contributed by atoms with Crippen LogP contribution in [0.15, 0.2) is 169 Å². The molecule has 0 unspecified atom stereocenters. The zero-order valence-corrected chi connectivity index (χ0v) is 27.3. The van der Waals surface area contributed by atoms with Crippen molar-refractivity contribution in [1.82, 2.24) is 4.98 Å². The van der Waals surface area contributed by atoms with Crippen molar-refractivity contribution in [2.45, 2.75) is 11.2 Å². The molecular weight excluding hydrogens is 609 g/mol. The molecule has 1 aliphatic carbocycles. The van der Waals surface area contributed by atoms with Crippen LogP contribution in [0.4, 0.5) is 0 Å². The van der Waals surface area contributed by atoms with E-state index in [1.54, 1.807) is 29.3 Å². The Morgan fingerprint density at radius 1 is 0.596 bits per heavy atom. The van der Waals surface area contributed by atoms with Crippen LogP contribution in [0.25, 0.3) is 44.0 Å². The van der Waals surface area contributed by atoms with Crippen molar-refractivity contribution in [3.8, 4) is 44.0 Å². The summed E-state index contributed by atoms with van der Waals surface area (Å²) >= 11 is 3.38. The minimum absolute atomic E-state index is 0.495. The maximum Gasteiger partial charge on any atom is 0.123 e. The van der Waals surface area contributed by atoms with Gasteiger partial charge in [0, 0.05) is 29.1 Å². The first-order chi connectivity index (χ1) is 23.3. The number of hydrogen-bond donors (Lipinski definition) is 1. The second-order valence-electron chi connectivity index (χ2n) is 11.8.